The molecule has 2 fully saturated rings. The van der Waals surface area contributed by atoms with Crippen LogP contribution < -0.4 is 4.74 Å². The fourth-order valence-electron chi connectivity index (χ4n) is 4.68. The normalized spacial score (nSPS) is 26.2. The minimum absolute atomic E-state index is 0.0199. The molecule has 2 saturated heterocycles. The highest BCUT2D eigenvalue weighted by Crippen LogP contribution is 2.46. The number of benzene rings is 1. The van der Waals surface area contributed by atoms with Gasteiger partial charge in [-0.3, -0.25) is 0 Å². The Labute approximate surface area is 165 Å². The molecule has 2 aliphatic rings. The fourth-order valence-corrected chi connectivity index (χ4v) is 4.68. The van der Waals surface area contributed by atoms with Crippen LogP contribution in [0.3, 0.4) is 0 Å². The summed E-state index contributed by atoms with van der Waals surface area (Å²) < 4.78 is 10.7. The molecule has 6 nitrogen and oxygen atoms in total. The van der Waals surface area contributed by atoms with E-state index in [0.29, 0.717) is 18.7 Å². The smallest absolute Gasteiger partial charge is 0.410 e. The van der Waals surface area contributed by atoms with Crippen molar-refractivity contribution in [2.45, 2.75) is 56.9 Å². The Hall–Kier alpha value is -2.60. The maximum atomic E-state index is 12.7. The number of nitrogens with zero attached hydrogens (tertiary/aromatic N) is 2. The minimum Gasteiger partial charge on any atom is -0.481 e. The van der Waals surface area contributed by atoms with E-state index in [9.17, 15) is 9.90 Å². The van der Waals surface area contributed by atoms with Crippen molar-refractivity contribution >= 4 is 6.09 Å². The van der Waals surface area contributed by atoms with Gasteiger partial charge in [0, 0.05) is 42.2 Å². The van der Waals surface area contributed by atoms with Gasteiger partial charge in [-0.2, -0.15) is 0 Å². The minimum atomic E-state index is -0.981. The summed E-state index contributed by atoms with van der Waals surface area (Å²) in [5, 5.41) is 11.4. The molecule has 1 amide bonds. The number of aliphatic hydroxyl groups is 1. The highest BCUT2D eigenvalue weighted by Gasteiger charge is 2.51. The lowest BCUT2D eigenvalue weighted by atomic mass is 9.80. The van der Waals surface area contributed by atoms with Crippen LogP contribution in [0, 0.1) is 6.92 Å². The quantitative estimate of drug-likeness (QED) is 0.876. The number of methoxy groups -OCH3 is 1. The molecule has 148 valence electrons. The second kappa shape index (κ2) is 7.43. The molecule has 28 heavy (non-hydrogen) atoms. The number of piperidine rings is 1. The topological polar surface area (TPSA) is 71.9 Å². The van der Waals surface area contributed by atoms with Gasteiger partial charge in [0.05, 0.1) is 12.7 Å². The largest absolute Gasteiger partial charge is 0.481 e. The molecule has 2 bridgehead atoms. The zero-order valence-electron chi connectivity index (χ0n) is 16.3. The van der Waals surface area contributed by atoms with Gasteiger partial charge < -0.3 is 19.5 Å². The molecule has 2 aromatic rings. The van der Waals surface area contributed by atoms with Gasteiger partial charge in [-0.25, -0.2) is 9.78 Å². The fraction of sp³-hybridized carbons (Fsp3) is 0.455. The van der Waals surface area contributed by atoms with E-state index in [4.69, 9.17) is 9.47 Å². The summed E-state index contributed by atoms with van der Waals surface area (Å²) in [6, 6.07) is 13.3. The highest BCUT2D eigenvalue weighted by atomic mass is 16.6. The Morgan fingerprint density at radius 2 is 1.86 bits per heavy atom. The number of carbonyl (C=O) groups is 1. The molecule has 1 aromatic carbocycles. The summed E-state index contributed by atoms with van der Waals surface area (Å²) in [7, 11) is 1.58. The van der Waals surface area contributed by atoms with Crippen LogP contribution in [0.2, 0.25) is 0 Å². The number of fused-ring (bicyclic) bond motifs is 2. The molecule has 1 N–H and O–H groups in total. The summed E-state index contributed by atoms with van der Waals surface area (Å²) in [6.45, 7) is 2.15. The van der Waals surface area contributed by atoms with Gasteiger partial charge >= 0.3 is 6.09 Å². The van der Waals surface area contributed by atoms with E-state index >= 15 is 0 Å². The molecular weight excluding hydrogens is 356 g/mol. The van der Waals surface area contributed by atoms with Crippen molar-refractivity contribution in [1.82, 2.24) is 9.88 Å². The summed E-state index contributed by atoms with van der Waals surface area (Å²) in [6.07, 6.45) is 2.48. The van der Waals surface area contributed by atoms with E-state index in [1.54, 1.807) is 13.2 Å². The Bertz CT molecular complexity index is 841. The van der Waals surface area contributed by atoms with Crippen LogP contribution in [-0.2, 0) is 16.9 Å². The van der Waals surface area contributed by atoms with Gasteiger partial charge in [0.15, 0.2) is 0 Å². The average molecular weight is 382 g/mol. The molecule has 4 rings (SSSR count). The predicted octanol–water partition coefficient (Wildman–Crippen LogP) is 3.55. The Balaban J connectivity index is 1.47. The summed E-state index contributed by atoms with van der Waals surface area (Å²) in [4.78, 5) is 19.0. The SMILES string of the molecule is COc1ccc(C2(O)CC3CCC(C2)N3C(=O)OCc2ccccc2)c(C)n1. The number of carbonyl (C=O) groups excluding carboxylic acids is 1. The standard InChI is InChI=1S/C22H26N2O4/c1-15-19(10-11-20(23-15)27-2)22(26)12-17-8-9-18(13-22)24(17)21(25)28-14-16-6-4-3-5-7-16/h3-7,10-11,17-18,26H,8-9,12-14H2,1-2H3. The number of rotatable bonds is 4. The van der Waals surface area contributed by atoms with Crippen LogP contribution in [0.25, 0.3) is 0 Å². The van der Waals surface area contributed by atoms with Crippen molar-refractivity contribution in [1.29, 1.82) is 0 Å². The molecule has 0 spiro atoms. The summed E-state index contributed by atoms with van der Waals surface area (Å²) >= 11 is 0. The zero-order valence-corrected chi connectivity index (χ0v) is 16.3. The van der Waals surface area contributed by atoms with E-state index in [0.717, 1.165) is 29.7 Å². The molecule has 0 saturated carbocycles. The summed E-state index contributed by atoms with van der Waals surface area (Å²) in [5.41, 5.74) is 1.58. The van der Waals surface area contributed by atoms with Gasteiger partial charge in [-0.1, -0.05) is 30.3 Å². The first-order valence-electron chi connectivity index (χ1n) is 9.74. The predicted molar refractivity (Wildman–Crippen MR) is 104 cm³/mol. The number of amides is 1. The lowest BCUT2D eigenvalue weighted by Crippen LogP contribution is -2.52. The first-order chi connectivity index (χ1) is 13.5. The molecule has 2 unspecified atom stereocenters. The van der Waals surface area contributed by atoms with Crippen LogP contribution in [-0.4, -0.2) is 40.3 Å². The van der Waals surface area contributed by atoms with Crippen molar-refractivity contribution < 1.29 is 19.4 Å². The van der Waals surface area contributed by atoms with Gasteiger partial charge in [-0.15, -0.1) is 0 Å². The number of ether oxygens (including phenoxy) is 2. The van der Waals surface area contributed by atoms with Crippen LogP contribution in [0.4, 0.5) is 4.79 Å². The molecule has 2 atom stereocenters. The first-order valence-corrected chi connectivity index (χ1v) is 9.74. The second-order valence-electron chi connectivity index (χ2n) is 7.76. The van der Waals surface area contributed by atoms with Crippen molar-refractivity contribution in [2.24, 2.45) is 0 Å². The van der Waals surface area contributed by atoms with E-state index in [1.165, 1.54) is 0 Å². The lowest BCUT2D eigenvalue weighted by molar-refractivity contribution is -0.0542. The van der Waals surface area contributed by atoms with E-state index in [1.807, 2.05) is 48.2 Å². The molecule has 3 heterocycles. The van der Waals surface area contributed by atoms with Gasteiger partial charge in [0.2, 0.25) is 5.88 Å². The maximum absolute atomic E-state index is 12.7. The van der Waals surface area contributed by atoms with Crippen molar-refractivity contribution in [3.8, 4) is 5.88 Å². The van der Waals surface area contributed by atoms with E-state index in [-0.39, 0.29) is 24.8 Å². The molecule has 6 heteroatoms. The third-order valence-corrected chi connectivity index (χ3v) is 5.95. The average Bonchev–Trinajstić information content (AvgIpc) is 2.98. The van der Waals surface area contributed by atoms with Crippen molar-refractivity contribution in [3.63, 3.8) is 0 Å². The van der Waals surface area contributed by atoms with Crippen molar-refractivity contribution in [3.05, 3.63) is 59.3 Å². The monoisotopic (exact) mass is 382 g/mol. The zero-order chi connectivity index (χ0) is 19.7. The van der Waals surface area contributed by atoms with Crippen molar-refractivity contribution in [2.75, 3.05) is 7.11 Å². The Morgan fingerprint density at radius 1 is 1.18 bits per heavy atom. The first kappa shape index (κ1) is 18.7. The number of aryl methyl sites for hydroxylation is 1. The van der Waals surface area contributed by atoms with Crippen LogP contribution in [0.5, 0.6) is 5.88 Å². The molecule has 0 aliphatic carbocycles. The second-order valence-corrected chi connectivity index (χ2v) is 7.76. The number of hydrogen-bond acceptors (Lipinski definition) is 5. The van der Waals surface area contributed by atoms with E-state index < -0.39 is 5.60 Å². The maximum Gasteiger partial charge on any atom is 0.410 e. The third-order valence-electron chi connectivity index (χ3n) is 5.95. The number of pyridine rings is 1. The molecule has 2 aliphatic heterocycles. The molecule has 1 aromatic heterocycles. The number of aromatic nitrogens is 1. The van der Waals surface area contributed by atoms with Gasteiger partial charge in [0.25, 0.3) is 0 Å². The van der Waals surface area contributed by atoms with Crippen LogP contribution >= 0.6 is 0 Å². The van der Waals surface area contributed by atoms with Gasteiger partial charge in [0.1, 0.15) is 6.61 Å². The van der Waals surface area contributed by atoms with Crippen LogP contribution in [0.1, 0.15) is 42.5 Å². The third kappa shape index (κ3) is 3.44. The lowest BCUT2D eigenvalue weighted by Gasteiger charge is -2.43. The number of hydrogen-bond donors (Lipinski definition) is 1. The van der Waals surface area contributed by atoms with Gasteiger partial charge in [-0.05, 0) is 31.4 Å². The Morgan fingerprint density at radius 3 is 2.46 bits per heavy atom. The van der Waals surface area contributed by atoms with E-state index in [2.05, 4.69) is 4.98 Å². The van der Waals surface area contributed by atoms with Crippen LogP contribution in [0.15, 0.2) is 42.5 Å². The highest BCUT2D eigenvalue weighted by molar-refractivity contribution is 5.69. The molecule has 0 radical (unpaired) electrons. The Kier molecular flexibility index (Phi) is 4.98. The molecular formula is C22H26N2O4. The summed E-state index contributed by atoms with van der Waals surface area (Å²) in [5.74, 6) is 0.537.